The average Bonchev–Trinajstić information content (AvgIpc) is 3.28. The smallest absolute Gasteiger partial charge is 0.475 e. The second-order valence-corrected chi connectivity index (χ2v) is 6.65. The molecule has 0 aliphatic carbocycles. The summed E-state index contributed by atoms with van der Waals surface area (Å²) in [5, 5.41) is 11.0. The number of nitrogens with zero attached hydrogens (tertiary/aromatic N) is 3. The maximum Gasteiger partial charge on any atom is 0.490 e. The van der Waals surface area contributed by atoms with Crippen molar-refractivity contribution in [2.45, 2.75) is 54.3 Å². The van der Waals surface area contributed by atoms with Gasteiger partial charge in [0.05, 0.1) is 23.2 Å². The van der Waals surface area contributed by atoms with Gasteiger partial charge in [-0.05, 0) is 26.0 Å². The lowest BCUT2D eigenvalue weighted by atomic mass is 10.3. The minimum Gasteiger partial charge on any atom is -0.475 e. The number of methoxy groups -OCH3 is 1. The van der Waals surface area contributed by atoms with Gasteiger partial charge in [0, 0.05) is 11.8 Å². The fraction of sp³-hybridized carbons (Fsp3) is 0.450. The van der Waals surface area contributed by atoms with Crippen LogP contribution in [0.3, 0.4) is 0 Å². The number of ether oxygens (including phenoxy) is 1. The molecular formula is C20H29F3N3O3S+. The van der Waals surface area contributed by atoms with E-state index in [-0.39, 0.29) is 5.88 Å². The second kappa shape index (κ2) is 12.8. The molecule has 0 amide bonds. The van der Waals surface area contributed by atoms with Crippen molar-refractivity contribution in [1.29, 1.82) is 0 Å². The lowest BCUT2D eigenvalue weighted by Crippen LogP contribution is -2.33. The zero-order valence-corrected chi connectivity index (χ0v) is 19.1. The molecule has 1 N–H and O–H groups in total. The van der Waals surface area contributed by atoms with Crippen molar-refractivity contribution in [3.8, 4) is 5.88 Å². The van der Waals surface area contributed by atoms with Gasteiger partial charge < -0.3 is 9.84 Å². The molecule has 0 aliphatic heterocycles. The van der Waals surface area contributed by atoms with Crippen molar-refractivity contribution >= 4 is 23.0 Å². The molecule has 0 atom stereocenters. The maximum absolute atomic E-state index is 11.0. The van der Waals surface area contributed by atoms with E-state index in [1.54, 1.807) is 21.9 Å². The van der Waals surface area contributed by atoms with Gasteiger partial charge in [0.25, 0.3) is 5.65 Å². The Hall–Kier alpha value is -2.62. The summed E-state index contributed by atoms with van der Waals surface area (Å²) in [6.45, 7) is 12.8. The van der Waals surface area contributed by atoms with E-state index in [2.05, 4.69) is 14.3 Å². The summed E-state index contributed by atoms with van der Waals surface area (Å²) in [4.78, 5) is 14.9. The molecule has 0 spiro atoms. The zero-order chi connectivity index (χ0) is 23.5. The minimum atomic E-state index is -4.85. The predicted octanol–water partition coefficient (Wildman–Crippen LogP) is 4.83. The molecule has 0 bridgehead atoms. The Morgan fingerprint density at radius 2 is 1.87 bits per heavy atom. The van der Waals surface area contributed by atoms with Crippen LogP contribution >= 0.6 is 11.3 Å². The highest BCUT2D eigenvalue weighted by Gasteiger charge is 2.40. The fourth-order valence-corrected chi connectivity index (χ4v) is 3.10. The summed E-state index contributed by atoms with van der Waals surface area (Å²) in [6, 6.07) is 3.98. The molecular weight excluding hydrogens is 419 g/mol. The molecule has 10 heteroatoms. The molecule has 3 rings (SSSR count). The van der Waals surface area contributed by atoms with E-state index in [1.165, 1.54) is 4.88 Å². The highest BCUT2D eigenvalue weighted by molar-refractivity contribution is 7.11. The molecule has 0 radical (unpaired) electrons. The highest BCUT2D eigenvalue weighted by Crippen LogP contribution is 2.17. The molecule has 3 aromatic heterocycles. The van der Waals surface area contributed by atoms with Crippen molar-refractivity contribution in [2.24, 2.45) is 0 Å². The van der Waals surface area contributed by atoms with Crippen molar-refractivity contribution in [3.05, 3.63) is 46.2 Å². The predicted molar refractivity (Wildman–Crippen MR) is 111 cm³/mol. The highest BCUT2D eigenvalue weighted by atomic mass is 32.1. The van der Waals surface area contributed by atoms with Crippen LogP contribution in [0, 0.1) is 13.8 Å². The third-order valence-corrected chi connectivity index (χ3v) is 4.26. The SMILES string of the molecule is CC.CC.COC(=O)C(F)(F)F.Cc1ncc(C[n+]2cc(O)n3cccc(C)c32)s1. The van der Waals surface area contributed by atoms with E-state index in [9.17, 15) is 23.1 Å². The van der Waals surface area contributed by atoms with Crippen LogP contribution in [0.1, 0.15) is 43.1 Å². The van der Waals surface area contributed by atoms with E-state index in [0.29, 0.717) is 7.11 Å². The number of aromatic nitrogens is 3. The first-order chi connectivity index (χ1) is 14.1. The number of thiazole rings is 1. The number of aryl methyl sites for hydroxylation is 2. The Morgan fingerprint density at radius 1 is 1.27 bits per heavy atom. The number of imidazole rings is 1. The van der Waals surface area contributed by atoms with Crippen LogP contribution < -0.4 is 4.57 Å². The number of hydrogen-bond acceptors (Lipinski definition) is 5. The molecule has 0 fully saturated rings. The number of carbonyl (C=O) groups excluding carboxylic acids is 1. The minimum absolute atomic E-state index is 0.259. The topological polar surface area (TPSA) is 67.7 Å². The Bertz CT molecular complexity index is 921. The largest absolute Gasteiger partial charge is 0.490 e. The second-order valence-electron chi connectivity index (χ2n) is 5.33. The molecule has 3 heterocycles. The lowest BCUT2D eigenvalue weighted by Gasteiger charge is -1.99. The molecule has 6 nitrogen and oxygen atoms in total. The van der Waals surface area contributed by atoms with Gasteiger partial charge in [-0.2, -0.15) is 17.6 Å². The standard InChI is InChI=1S/C13H13N3OS.C3H3F3O2.2C2H6/c1-9-4-3-5-16-12(17)8-15(13(9)16)7-11-6-14-10(2)18-11;1-8-2(7)3(4,5)6;2*1-2/h3-6,8H,7H2,1-2H3;1H3;2*1-2H3/p+1. The summed E-state index contributed by atoms with van der Waals surface area (Å²) in [5.41, 5.74) is 2.15. The van der Waals surface area contributed by atoms with E-state index in [4.69, 9.17) is 0 Å². The van der Waals surface area contributed by atoms with Crippen LogP contribution in [0.5, 0.6) is 5.88 Å². The van der Waals surface area contributed by atoms with Crippen LogP contribution in [0.15, 0.2) is 30.7 Å². The van der Waals surface area contributed by atoms with Crippen molar-refractivity contribution in [1.82, 2.24) is 9.38 Å². The Labute approximate surface area is 178 Å². The van der Waals surface area contributed by atoms with Gasteiger partial charge in [0.2, 0.25) is 0 Å². The van der Waals surface area contributed by atoms with Crippen LogP contribution in [-0.2, 0) is 16.1 Å². The number of aromatic hydroxyl groups is 1. The fourth-order valence-electron chi connectivity index (χ4n) is 2.30. The Kier molecular flexibility index (Phi) is 11.7. The van der Waals surface area contributed by atoms with E-state index >= 15 is 0 Å². The van der Waals surface area contributed by atoms with Gasteiger partial charge in [-0.3, -0.25) is 0 Å². The molecule has 3 aromatic rings. The number of carbonyl (C=O) groups is 1. The van der Waals surface area contributed by atoms with Crippen molar-refractivity contribution < 1.29 is 32.4 Å². The molecule has 0 aliphatic rings. The van der Waals surface area contributed by atoms with Crippen molar-refractivity contribution in [3.63, 3.8) is 0 Å². The lowest BCUT2D eigenvalue weighted by molar-refractivity contribution is -0.661. The van der Waals surface area contributed by atoms with E-state index < -0.39 is 12.1 Å². The number of alkyl halides is 3. The van der Waals surface area contributed by atoms with E-state index in [0.717, 1.165) is 22.8 Å². The Morgan fingerprint density at radius 3 is 2.30 bits per heavy atom. The van der Waals surface area contributed by atoms with Crippen LogP contribution in [0.4, 0.5) is 13.2 Å². The van der Waals surface area contributed by atoms with Crippen molar-refractivity contribution in [2.75, 3.05) is 7.11 Å². The Balaban J connectivity index is 0.000000596. The number of rotatable bonds is 2. The third kappa shape index (κ3) is 7.66. The van der Waals surface area contributed by atoms with Gasteiger partial charge in [0.1, 0.15) is 6.54 Å². The summed E-state index contributed by atoms with van der Waals surface area (Å²) in [5.74, 6) is -1.91. The first-order valence-electron chi connectivity index (χ1n) is 9.39. The summed E-state index contributed by atoms with van der Waals surface area (Å²) in [6.07, 6.45) is 0.671. The number of esters is 1. The van der Waals surface area contributed by atoms with E-state index in [1.807, 2.05) is 66.1 Å². The zero-order valence-electron chi connectivity index (χ0n) is 18.2. The number of hydrogen-bond donors (Lipinski definition) is 1. The molecule has 0 saturated heterocycles. The third-order valence-electron chi connectivity index (χ3n) is 3.36. The number of halogens is 3. The number of fused-ring (bicyclic) bond motifs is 1. The summed E-state index contributed by atoms with van der Waals surface area (Å²) >= 11 is 1.68. The molecule has 0 aromatic carbocycles. The molecule has 0 saturated carbocycles. The van der Waals surface area contributed by atoms with Crippen LogP contribution in [0.25, 0.3) is 5.65 Å². The van der Waals surface area contributed by atoms with Gasteiger partial charge >= 0.3 is 18.0 Å². The average molecular weight is 449 g/mol. The first kappa shape index (κ1) is 27.4. The van der Waals surface area contributed by atoms with Crippen LogP contribution in [0.2, 0.25) is 0 Å². The van der Waals surface area contributed by atoms with Crippen LogP contribution in [-0.4, -0.2) is 33.7 Å². The maximum atomic E-state index is 11.0. The monoisotopic (exact) mass is 448 g/mol. The normalized spacial score (nSPS) is 10.1. The number of pyridine rings is 1. The van der Waals surface area contributed by atoms with Gasteiger partial charge in [-0.1, -0.05) is 27.7 Å². The van der Waals surface area contributed by atoms with Gasteiger partial charge in [0.15, 0.2) is 6.20 Å². The van der Waals surface area contributed by atoms with Gasteiger partial charge in [-0.15, -0.1) is 11.3 Å². The quantitative estimate of drug-likeness (QED) is 0.451. The van der Waals surface area contributed by atoms with Gasteiger partial charge in [-0.25, -0.2) is 14.3 Å². The molecule has 168 valence electrons. The summed E-state index contributed by atoms with van der Waals surface area (Å²) in [7, 11) is 0.676. The first-order valence-corrected chi connectivity index (χ1v) is 10.2. The summed E-state index contributed by atoms with van der Waals surface area (Å²) < 4.78 is 40.1. The molecule has 30 heavy (non-hydrogen) atoms. The molecule has 0 unspecified atom stereocenters.